The van der Waals surface area contributed by atoms with Crippen LogP contribution in [0.25, 0.3) is 5.76 Å². The number of aromatic hydroxyl groups is 1. The molecule has 15 nitrogen and oxygen atoms in total. The minimum Gasteiger partial charge on any atom is -0.508 e. The van der Waals surface area contributed by atoms with Crippen LogP contribution < -0.4 is 16.4 Å². The van der Waals surface area contributed by atoms with E-state index >= 15 is 0 Å². The summed E-state index contributed by atoms with van der Waals surface area (Å²) in [7, 11) is 4.00. The zero-order chi connectivity index (χ0) is 33.2. The summed E-state index contributed by atoms with van der Waals surface area (Å²) >= 11 is 0. The highest BCUT2D eigenvalue weighted by atomic mass is 16.5. The largest absolute Gasteiger partial charge is 0.508 e. The Morgan fingerprint density at radius 3 is 2.25 bits per heavy atom. The van der Waals surface area contributed by atoms with Crippen molar-refractivity contribution in [3.63, 3.8) is 0 Å². The van der Waals surface area contributed by atoms with E-state index in [1.54, 1.807) is 20.8 Å². The Morgan fingerprint density at radius 1 is 1.11 bits per heavy atom. The van der Waals surface area contributed by atoms with Gasteiger partial charge in [-0.15, -0.1) is 0 Å². The lowest BCUT2D eigenvalue weighted by atomic mass is 9.54. The number of Topliss-reactive ketones (excluding diaryl/α,β-unsaturated/α-hetero) is 2. The molecule has 9 N–H and O–H groups in total. The number of fused-ring (bicyclic) bond motifs is 3. The number of likely N-dealkylation sites (N-methyl/N-ethyl adjacent to an activating group) is 1. The topological polar surface area (TPSA) is 249 Å². The lowest BCUT2D eigenvalue weighted by Crippen LogP contribution is -2.70. The Kier molecular flexibility index (Phi) is 8.28. The van der Waals surface area contributed by atoms with Gasteiger partial charge in [-0.2, -0.15) is 0 Å². The Bertz CT molecular complexity index is 1530. The van der Waals surface area contributed by atoms with Gasteiger partial charge < -0.3 is 46.6 Å². The molecule has 4 rings (SSSR count). The van der Waals surface area contributed by atoms with Crippen LogP contribution >= 0.6 is 0 Å². The molecule has 44 heavy (non-hydrogen) atoms. The highest BCUT2D eigenvalue weighted by molar-refractivity contribution is 6.24. The number of hydrogen-bond donors (Lipinski definition) is 8. The third kappa shape index (κ3) is 4.58. The summed E-state index contributed by atoms with van der Waals surface area (Å²) in [5.74, 6) is -11.4. The normalized spacial score (nSPS) is 28.7. The molecule has 0 saturated heterocycles. The first kappa shape index (κ1) is 32.4. The Balaban J connectivity index is 1.85. The van der Waals surface area contributed by atoms with Crippen molar-refractivity contribution in [1.82, 2.24) is 10.2 Å². The van der Waals surface area contributed by atoms with Crippen LogP contribution in [0.15, 0.2) is 29.0 Å². The number of anilines is 1. The summed E-state index contributed by atoms with van der Waals surface area (Å²) in [6, 6.07) is -0.620. The number of carbonyl (C=O) groups excluding carboxylic acids is 5. The molecule has 0 heterocycles. The molecule has 0 aromatic heterocycles. The van der Waals surface area contributed by atoms with E-state index in [-0.39, 0.29) is 22.7 Å². The molecule has 4 unspecified atom stereocenters. The smallest absolute Gasteiger partial charge is 0.328 e. The number of ether oxygens (including phenoxy) is 1. The third-order valence-corrected chi connectivity index (χ3v) is 8.79. The van der Waals surface area contributed by atoms with Gasteiger partial charge in [0.1, 0.15) is 28.9 Å². The lowest BCUT2D eigenvalue weighted by molar-refractivity contribution is -0.169. The van der Waals surface area contributed by atoms with Crippen LogP contribution in [0.4, 0.5) is 10.5 Å². The number of esters is 1. The van der Waals surface area contributed by atoms with Crippen molar-refractivity contribution in [1.29, 1.82) is 0 Å². The number of nitrogens with zero attached hydrogens (tertiary/aromatic N) is 1. The number of nitrogens with two attached hydrogens (primary N) is 1. The van der Waals surface area contributed by atoms with Crippen molar-refractivity contribution in [2.45, 2.75) is 50.5 Å². The summed E-state index contributed by atoms with van der Waals surface area (Å²) in [5.41, 5.74) is 0.428. The number of benzene rings is 1. The molecule has 3 aliphatic carbocycles. The molecule has 1 aromatic rings. The first-order valence-corrected chi connectivity index (χ1v) is 13.8. The molecule has 7 atom stereocenters. The van der Waals surface area contributed by atoms with Gasteiger partial charge in [0.15, 0.2) is 11.4 Å². The number of amides is 3. The molecule has 3 aliphatic rings. The number of aliphatic hydroxyl groups is 4. The molecule has 0 bridgehead atoms. The fourth-order valence-electron chi connectivity index (χ4n) is 6.64. The summed E-state index contributed by atoms with van der Waals surface area (Å²) in [6.45, 7) is 4.94. The molecular formula is C29H36N4O11. The maximum atomic E-state index is 14.1. The number of rotatable bonds is 6. The lowest BCUT2D eigenvalue weighted by Gasteiger charge is -2.53. The molecule has 238 valence electrons. The van der Waals surface area contributed by atoms with Crippen molar-refractivity contribution in [3.05, 3.63) is 40.2 Å². The molecule has 3 amide bonds. The van der Waals surface area contributed by atoms with E-state index < -0.39 is 99.4 Å². The molecule has 15 heteroatoms. The van der Waals surface area contributed by atoms with Crippen LogP contribution in [0, 0.1) is 17.8 Å². The number of phenols is 1. The van der Waals surface area contributed by atoms with Gasteiger partial charge in [0.2, 0.25) is 5.78 Å². The fourth-order valence-corrected chi connectivity index (χ4v) is 6.64. The molecule has 0 spiro atoms. The number of hydrogen-bond acceptors (Lipinski definition) is 12. The SMILES string of the molecule is COC(=O)C(NC(=O)Nc1ccc2c(c1O)C(O)=C1C(=O)[C@]3(O)C(O)=C(C(N)=O)C(=O)[C@@H](N(C)C)C3C(O)C1[C@H]2C)C(C)C. The summed E-state index contributed by atoms with van der Waals surface area (Å²) in [6.07, 6.45) is -1.73. The molecule has 1 fully saturated rings. The van der Waals surface area contributed by atoms with E-state index in [0.717, 1.165) is 7.11 Å². The van der Waals surface area contributed by atoms with Crippen molar-refractivity contribution < 1.29 is 54.2 Å². The highest BCUT2D eigenvalue weighted by Crippen LogP contribution is 2.56. The Morgan fingerprint density at radius 2 is 1.73 bits per heavy atom. The quantitative estimate of drug-likeness (QED) is 0.118. The van der Waals surface area contributed by atoms with Crippen LogP contribution in [0.5, 0.6) is 5.75 Å². The van der Waals surface area contributed by atoms with Gasteiger partial charge in [0, 0.05) is 11.5 Å². The number of nitrogens with one attached hydrogen (secondary N) is 2. The van der Waals surface area contributed by atoms with Gasteiger partial charge in [-0.3, -0.25) is 19.3 Å². The van der Waals surface area contributed by atoms with Crippen molar-refractivity contribution >= 4 is 40.9 Å². The average molecular weight is 617 g/mol. The molecule has 0 radical (unpaired) electrons. The van der Waals surface area contributed by atoms with Gasteiger partial charge in [-0.25, -0.2) is 9.59 Å². The number of aliphatic hydroxyl groups excluding tert-OH is 3. The van der Waals surface area contributed by atoms with Gasteiger partial charge in [-0.1, -0.05) is 26.8 Å². The van der Waals surface area contributed by atoms with Crippen molar-refractivity contribution in [2.75, 3.05) is 26.5 Å². The zero-order valence-electron chi connectivity index (χ0n) is 24.9. The highest BCUT2D eigenvalue weighted by Gasteiger charge is 2.68. The number of phenolic OH excluding ortho intramolecular Hbond substituents is 1. The number of primary amides is 1. The van der Waals surface area contributed by atoms with Crippen molar-refractivity contribution in [3.8, 4) is 5.75 Å². The van der Waals surface area contributed by atoms with Crippen LogP contribution in [-0.2, 0) is 23.9 Å². The number of urea groups is 1. The van der Waals surface area contributed by atoms with Gasteiger partial charge in [0.25, 0.3) is 5.91 Å². The predicted octanol–water partition coefficient (Wildman–Crippen LogP) is -0.185. The van der Waals surface area contributed by atoms with Crippen LogP contribution in [-0.4, -0.2) is 105 Å². The van der Waals surface area contributed by atoms with E-state index in [9.17, 15) is 49.5 Å². The van der Waals surface area contributed by atoms with E-state index in [0.29, 0.717) is 0 Å². The fraction of sp³-hybridized carbons (Fsp3) is 0.483. The predicted molar refractivity (Wildman–Crippen MR) is 153 cm³/mol. The van der Waals surface area contributed by atoms with Gasteiger partial charge >= 0.3 is 12.0 Å². The van der Waals surface area contributed by atoms with Gasteiger partial charge in [-0.05, 0) is 37.6 Å². The van der Waals surface area contributed by atoms with Crippen molar-refractivity contribution in [2.24, 2.45) is 23.5 Å². The second kappa shape index (κ2) is 11.2. The summed E-state index contributed by atoms with van der Waals surface area (Å²) < 4.78 is 4.71. The molecular weight excluding hydrogens is 580 g/mol. The van der Waals surface area contributed by atoms with Crippen LogP contribution in [0.1, 0.15) is 37.8 Å². The second-order valence-electron chi connectivity index (χ2n) is 11.8. The Hall–Kier alpha value is -4.47. The first-order chi connectivity index (χ1) is 20.4. The van der Waals surface area contributed by atoms with E-state index in [2.05, 4.69) is 10.6 Å². The number of carbonyl (C=O) groups is 5. The van der Waals surface area contributed by atoms with Gasteiger partial charge in [0.05, 0.1) is 36.4 Å². The third-order valence-electron chi connectivity index (χ3n) is 8.79. The standard InChI is InChI=1S/C29H36N4O11/c1-9(2)18(27(41)44-6)32-28(42)31-12-8-7-11-10(3)13-15(21(35)14(11)20(12)34)24(38)29(43)17(22(13)36)19(33(4)5)23(37)16(25(29)39)26(30)40/h7-10,13,17-19,22,34-36,39,43H,1-6H3,(H2,30,40)(H2,31,32,42)/t10-,13?,17?,18?,19-,22?,29-/m0/s1. The number of methoxy groups -OCH3 is 1. The minimum absolute atomic E-state index is 0.221. The molecule has 1 saturated carbocycles. The second-order valence-corrected chi connectivity index (χ2v) is 11.8. The van der Waals surface area contributed by atoms with Crippen LogP contribution in [0.3, 0.4) is 0 Å². The zero-order valence-corrected chi connectivity index (χ0v) is 24.9. The maximum Gasteiger partial charge on any atom is 0.328 e. The average Bonchev–Trinajstić information content (AvgIpc) is 2.93. The van der Waals surface area contributed by atoms with Crippen LogP contribution in [0.2, 0.25) is 0 Å². The van der Waals surface area contributed by atoms with E-state index in [1.807, 2.05) is 0 Å². The summed E-state index contributed by atoms with van der Waals surface area (Å²) in [4.78, 5) is 65.5. The maximum absolute atomic E-state index is 14.1. The number of ketones is 2. The molecule has 0 aliphatic heterocycles. The first-order valence-electron chi connectivity index (χ1n) is 13.8. The summed E-state index contributed by atoms with van der Waals surface area (Å²) in [5, 5.41) is 61.9. The van der Waals surface area contributed by atoms with E-state index in [4.69, 9.17) is 10.5 Å². The molecule has 1 aromatic carbocycles. The minimum atomic E-state index is -3.05. The van der Waals surface area contributed by atoms with E-state index in [1.165, 1.54) is 31.1 Å². The monoisotopic (exact) mass is 616 g/mol. The Labute approximate surface area is 252 Å².